The number of aliphatic carboxylic acids is 2. The van der Waals surface area contributed by atoms with Crippen LogP contribution in [0, 0.1) is 17.8 Å². The molecule has 3 aliphatic rings. The van der Waals surface area contributed by atoms with Gasteiger partial charge in [0.05, 0.1) is 18.0 Å². The van der Waals surface area contributed by atoms with Crippen LogP contribution in [0.1, 0.15) is 26.7 Å². The van der Waals surface area contributed by atoms with Crippen LogP contribution < -0.4 is 5.32 Å². The number of carbonyl (C=O) groups is 5. The minimum absolute atomic E-state index is 0.0148. The maximum atomic E-state index is 12.8. The predicted octanol–water partition coefficient (Wildman–Crippen LogP) is -0.00890. The van der Waals surface area contributed by atoms with Gasteiger partial charge in [-0.25, -0.2) is 9.59 Å². The zero-order chi connectivity index (χ0) is 23.2. The van der Waals surface area contributed by atoms with E-state index in [1.807, 2.05) is 6.92 Å². The van der Waals surface area contributed by atoms with Crippen molar-refractivity contribution in [2.45, 2.75) is 44.0 Å². The summed E-state index contributed by atoms with van der Waals surface area (Å²) in [7, 11) is 3.36. The van der Waals surface area contributed by atoms with Gasteiger partial charge in [0, 0.05) is 43.1 Å². The molecular formula is C20H27N3O7S. The fourth-order valence-electron chi connectivity index (χ4n) is 4.75. The number of hydrogen-bond acceptors (Lipinski definition) is 7. The standard InChI is InChI=1S/C20H27N3O7S/c1-8(5-12(24)19(27)28)13-14-9(2)16(15(20(29)30)23(14)18(13)26)31-10-6-11(21-7-10)17(25)22(3)4/h8-11,13-14,21H,5-7H2,1-4H3,(H,27,28)(H,29,30)/t8-,9+,10-,11-,13+,14+/m0/s1. The van der Waals surface area contributed by atoms with Crippen molar-refractivity contribution in [3.8, 4) is 0 Å². The largest absolute Gasteiger partial charge is 0.477 e. The van der Waals surface area contributed by atoms with E-state index in [0.29, 0.717) is 17.9 Å². The molecule has 0 aromatic carbocycles. The first kappa shape index (κ1) is 23.3. The summed E-state index contributed by atoms with van der Waals surface area (Å²) in [4.78, 5) is 62.9. The smallest absolute Gasteiger partial charge is 0.372 e. The number of nitrogens with zero attached hydrogens (tertiary/aromatic N) is 2. The first-order chi connectivity index (χ1) is 14.5. The molecule has 0 aliphatic carbocycles. The minimum atomic E-state index is -1.54. The highest BCUT2D eigenvalue weighted by molar-refractivity contribution is 8.03. The highest BCUT2D eigenvalue weighted by atomic mass is 32.2. The van der Waals surface area contributed by atoms with Gasteiger partial charge in [0.1, 0.15) is 5.70 Å². The topological polar surface area (TPSA) is 144 Å². The Labute approximate surface area is 184 Å². The van der Waals surface area contributed by atoms with Crippen LogP contribution in [-0.2, 0) is 24.0 Å². The van der Waals surface area contributed by atoms with Crippen molar-refractivity contribution in [1.82, 2.24) is 15.1 Å². The lowest BCUT2D eigenvalue weighted by molar-refractivity contribution is -0.161. The SMILES string of the molecule is C[C@@H](CC(=O)C(=O)O)[C@H]1C(=O)N2C(C(=O)O)=C(S[C@@H]3CN[C@H](C(=O)N(C)C)C3)[C@H](C)[C@H]12. The molecule has 6 atom stereocenters. The minimum Gasteiger partial charge on any atom is -0.477 e. The number of β-lactam (4-membered cyclic amide) rings is 1. The number of amides is 2. The Hall–Kier alpha value is -2.40. The van der Waals surface area contributed by atoms with Gasteiger partial charge >= 0.3 is 11.9 Å². The van der Waals surface area contributed by atoms with E-state index in [0.717, 1.165) is 0 Å². The van der Waals surface area contributed by atoms with E-state index in [4.69, 9.17) is 5.11 Å². The van der Waals surface area contributed by atoms with Crippen molar-refractivity contribution in [2.75, 3.05) is 20.6 Å². The molecule has 0 aromatic heterocycles. The molecule has 0 aromatic rings. The third kappa shape index (κ3) is 4.08. The van der Waals surface area contributed by atoms with Gasteiger partial charge in [-0.2, -0.15) is 0 Å². The van der Waals surface area contributed by atoms with Crippen LogP contribution in [0.15, 0.2) is 10.6 Å². The number of likely N-dealkylation sites (N-methyl/N-ethyl adjacent to an activating group) is 1. The molecule has 0 saturated carbocycles. The summed E-state index contributed by atoms with van der Waals surface area (Å²) in [6.07, 6.45) is 0.283. The fourth-order valence-corrected chi connectivity index (χ4v) is 6.22. The van der Waals surface area contributed by atoms with Crippen LogP contribution >= 0.6 is 11.8 Å². The Morgan fingerprint density at radius 1 is 1.26 bits per heavy atom. The normalized spacial score (nSPS) is 30.6. The molecule has 11 heteroatoms. The molecule has 170 valence electrons. The lowest BCUT2D eigenvalue weighted by Gasteiger charge is -2.47. The van der Waals surface area contributed by atoms with Gasteiger partial charge in [-0.1, -0.05) is 13.8 Å². The maximum absolute atomic E-state index is 12.8. The lowest BCUT2D eigenvalue weighted by Crippen LogP contribution is -2.62. The fraction of sp³-hybridized carbons (Fsp3) is 0.650. The number of Topliss-reactive ketones (excluding diaryl/α,β-unsaturated/α-hetero) is 1. The molecule has 31 heavy (non-hydrogen) atoms. The van der Waals surface area contributed by atoms with E-state index in [1.54, 1.807) is 21.0 Å². The molecule has 10 nitrogen and oxygen atoms in total. The molecule has 3 rings (SSSR count). The Kier molecular flexibility index (Phi) is 6.47. The highest BCUT2D eigenvalue weighted by Gasteiger charge is 2.60. The van der Waals surface area contributed by atoms with Crippen molar-refractivity contribution in [3.05, 3.63) is 10.6 Å². The number of fused-ring (bicyclic) bond motifs is 1. The van der Waals surface area contributed by atoms with Gasteiger partial charge in [0.2, 0.25) is 17.6 Å². The molecule has 0 unspecified atom stereocenters. The summed E-state index contributed by atoms with van der Waals surface area (Å²) >= 11 is 1.38. The lowest BCUT2D eigenvalue weighted by atomic mass is 9.73. The molecule has 0 spiro atoms. The van der Waals surface area contributed by atoms with Crippen molar-refractivity contribution in [3.63, 3.8) is 0 Å². The van der Waals surface area contributed by atoms with Crippen LogP contribution in [0.5, 0.6) is 0 Å². The van der Waals surface area contributed by atoms with Gasteiger partial charge < -0.3 is 25.3 Å². The van der Waals surface area contributed by atoms with Crippen LogP contribution in [-0.4, -0.2) is 87.5 Å². The summed E-state index contributed by atoms with van der Waals surface area (Å²) in [6.45, 7) is 4.05. The van der Waals surface area contributed by atoms with Crippen molar-refractivity contribution in [1.29, 1.82) is 0 Å². The molecule has 0 bridgehead atoms. The van der Waals surface area contributed by atoms with Crippen LogP contribution in [0.3, 0.4) is 0 Å². The number of hydrogen-bond donors (Lipinski definition) is 3. The zero-order valence-electron chi connectivity index (χ0n) is 17.8. The Morgan fingerprint density at radius 2 is 1.90 bits per heavy atom. The number of nitrogens with one attached hydrogen (secondary N) is 1. The first-order valence-corrected chi connectivity index (χ1v) is 11.0. The summed E-state index contributed by atoms with van der Waals surface area (Å²) in [5.74, 6) is -5.48. The third-order valence-corrected chi connectivity index (χ3v) is 7.78. The van der Waals surface area contributed by atoms with Crippen LogP contribution in [0.4, 0.5) is 0 Å². The Morgan fingerprint density at radius 3 is 2.45 bits per heavy atom. The van der Waals surface area contributed by atoms with E-state index < -0.39 is 35.6 Å². The van der Waals surface area contributed by atoms with E-state index in [9.17, 15) is 29.1 Å². The predicted molar refractivity (Wildman–Crippen MR) is 111 cm³/mol. The van der Waals surface area contributed by atoms with E-state index in [-0.39, 0.29) is 41.1 Å². The second kappa shape index (κ2) is 8.62. The van der Waals surface area contributed by atoms with Crippen molar-refractivity contribution >= 4 is 41.3 Å². The van der Waals surface area contributed by atoms with Gasteiger partial charge in [-0.3, -0.25) is 14.4 Å². The van der Waals surface area contributed by atoms with Crippen molar-refractivity contribution < 1.29 is 34.2 Å². The Bertz CT molecular complexity index is 871. The van der Waals surface area contributed by atoms with E-state index in [2.05, 4.69) is 5.32 Å². The van der Waals surface area contributed by atoms with Gasteiger partial charge in [-0.05, 0) is 12.3 Å². The van der Waals surface area contributed by atoms with Gasteiger partial charge in [0.25, 0.3) is 0 Å². The second-order valence-corrected chi connectivity index (χ2v) is 9.95. The monoisotopic (exact) mass is 453 g/mol. The molecule has 3 aliphatic heterocycles. The number of rotatable bonds is 8. The second-order valence-electron chi connectivity index (χ2n) is 8.61. The summed E-state index contributed by atoms with van der Waals surface area (Å²) in [5.41, 5.74) is -0.0390. The average Bonchev–Trinajstić information content (AvgIpc) is 3.23. The Balaban J connectivity index is 1.76. The zero-order valence-corrected chi connectivity index (χ0v) is 18.6. The number of ketones is 1. The molecule has 3 heterocycles. The number of carboxylic acid groups (broad SMARTS) is 2. The molecule has 2 fully saturated rings. The highest BCUT2D eigenvalue weighted by Crippen LogP contribution is 2.53. The molecule has 3 N–H and O–H groups in total. The van der Waals surface area contributed by atoms with Crippen LogP contribution in [0.25, 0.3) is 0 Å². The summed E-state index contributed by atoms with van der Waals surface area (Å²) in [5, 5.41) is 21.8. The summed E-state index contributed by atoms with van der Waals surface area (Å²) < 4.78 is 0. The van der Waals surface area contributed by atoms with Crippen molar-refractivity contribution in [2.24, 2.45) is 17.8 Å². The number of thioether (sulfide) groups is 1. The molecule has 2 amide bonds. The average molecular weight is 454 g/mol. The first-order valence-electron chi connectivity index (χ1n) is 10.1. The number of carboxylic acids is 2. The summed E-state index contributed by atoms with van der Waals surface area (Å²) in [6, 6.07) is -0.738. The maximum Gasteiger partial charge on any atom is 0.372 e. The molecular weight excluding hydrogens is 426 g/mol. The molecule has 0 radical (unpaired) electrons. The quantitative estimate of drug-likeness (QED) is 0.341. The van der Waals surface area contributed by atoms with E-state index in [1.165, 1.54) is 21.6 Å². The van der Waals surface area contributed by atoms with Crippen LogP contribution in [0.2, 0.25) is 0 Å². The van der Waals surface area contributed by atoms with Gasteiger partial charge in [-0.15, -0.1) is 11.8 Å². The van der Waals surface area contributed by atoms with Gasteiger partial charge in [0.15, 0.2) is 0 Å². The third-order valence-electron chi connectivity index (χ3n) is 6.27. The van der Waals surface area contributed by atoms with E-state index >= 15 is 0 Å². The number of carbonyl (C=O) groups excluding carboxylic acids is 3. The molecule has 2 saturated heterocycles.